The Bertz CT molecular complexity index is 705. The Hall–Kier alpha value is -2.00. The van der Waals surface area contributed by atoms with Gasteiger partial charge >= 0.3 is 6.18 Å². The molecule has 0 aromatic heterocycles. The zero-order valence-electron chi connectivity index (χ0n) is 17.0. The number of alkyl halides is 3. The lowest BCUT2D eigenvalue weighted by Crippen LogP contribution is -2.46. The lowest BCUT2D eigenvalue weighted by atomic mass is 10.1. The van der Waals surface area contributed by atoms with E-state index in [1.54, 1.807) is 0 Å². The van der Waals surface area contributed by atoms with Crippen LogP contribution in [0.15, 0.2) is 23.2 Å². The van der Waals surface area contributed by atoms with Gasteiger partial charge in [-0.1, -0.05) is 6.07 Å². The molecule has 1 N–H and O–H groups in total. The Morgan fingerprint density at radius 2 is 2.03 bits per heavy atom. The Morgan fingerprint density at radius 1 is 1.28 bits per heavy atom. The standard InChI is InChI=1S/C20H29F3N4O2/c1-3-24-19(27-7-6-16(14-27)26-8-10-29-11-9-26)25-13-15-4-5-17(28-2)12-18(15)20(21,22)23/h4-5,12,16H,3,6-11,13-14H2,1-2H3,(H,24,25). The zero-order valence-corrected chi connectivity index (χ0v) is 17.0. The van der Waals surface area contributed by atoms with Gasteiger partial charge in [0.05, 0.1) is 32.4 Å². The fraction of sp³-hybridized carbons (Fsp3) is 0.650. The number of benzene rings is 1. The molecule has 0 saturated carbocycles. The predicted octanol–water partition coefficient (Wildman–Crippen LogP) is 2.59. The zero-order chi connectivity index (χ0) is 20.9. The number of hydrogen-bond donors (Lipinski definition) is 1. The Morgan fingerprint density at radius 3 is 2.69 bits per heavy atom. The van der Waals surface area contributed by atoms with Gasteiger partial charge < -0.3 is 19.7 Å². The molecular formula is C20H29F3N4O2. The van der Waals surface area contributed by atoms with Crippen molar-refractivity contribution in [2.24, 2.45) is 4.99 Å². The second-order valence-corrected chi connectivity index (χ2v) is 7.23. The van der Waals surface area contributed by atoms with E-state index in [2.05, 4.69) is 20.1 Å². The quantitative estimate of drug-likeness (QED) is 0.593. The lowest BCUT2D eigenvalue weighted by Gasteiger charge is -2.32. The molecule has 0 radical (unpaired) electrons. The fourth-order valence-electron chi connectivity index (χ4n) is 3.85. The molecule has 1 atom stereocenters. The molecule has 0 aliphatic carbocycles. The van der Waals surface area contributed by atoms with Crippen molar-refractivity contribution in [2.75, 3.05) is 53.0 Å². The molecule has 2 saturated heterocycles. The molecule has 2 fully saturated rings. The van der Waals surface area contributed by atoms with Crippen LogP contribution in [0.25, 0.3) is 0 Å². The van der Waals surface area contributed by atoms with Crippen LogP contribution in [0.3, 0.4) is 0 Å². The molecule has 1 unspecified atom stereocenters. The molecule has 0 amide bonds. The van der Waals surface area contributed by atoms with Crippen LogP contribution in [0.4, 0.5) is 13.2 Å². The number of hydrogen-bond acceptors (Lipinski definition) is 4. The smallest absolute Gasteiger partial charge is 0.416 e. The van der Waals surface area contributed by atoms with Crippen molar-refractivity contribution in [3.8, 4) is 5.75 Å². The third kappa shape index (κ3) is 5.54. The first-order valence-corrected chi connectivity index (χ1v) is 10.0. The van der Waals surface area contributed by atoms with Crippen molar-refractivity contribution in [3.63, 3.8) is 0 Å². The van der Waals surface area contributed by atoms with Crippen LogP contribution >= 0.6 is 0 Å². The molecule has 0 spiro atoms. The summed E-state index contributed by atoms with van der Waals surface area (Å²) in [5, 5.41) is 3.23. The van der Waals surface area contributed by atoms with E-state index in [4.69, 9.17) is 9.47 Å². The van der Waals surface area contributed by atoms with E-state index in [1.165, 1.54) is 19.2 Å². The molecule has 0 bridgehead atoms. The van der Waals surface area contributed by atoms with E-state index in [0.29, 0.717) is 18.5 Å². The third-order valence-corrected chi connectivity index (χ3v) is 5.38. The molecule has 2 aliphatic heterocycles. The summed E-state index contributed by atoms with van der Waals surface area (Å²) in [6, 6.07) is 4.43. The van der Waals surface area contributed by atoms with Crippen LogP contribution in [-0.2, 0) is 17.5 Å². The van der Waals surface area contributed by atoms with Gasteiger partial charge in [-0.2, -0.15) is 13.2 Å². The normalized spacial score (nSPS) is 21.5. The SMILES string of the molecule is CCNC(=NCc1ccc(OC)cc1C(F)(F)F)N1CCC(N2CCOCC2)C1. The van der Waals surface area contributed by atoms with Gasteiger partial charge in [-0.3, -0.25) is 4.90 Å². The molecule has 1 aromatic carbocycles. The molecule has 1 aromatic rings. The average molecular weight is 414 g/mol. The van der Waals surface area contributed by atoms with Gasteiger partial charge in [0.25, 0.3) is 0 Å². The molecular weight excluding hydrogens is 385 g/mol. The van der Waals surface area contributed by atoms with Crippen LogP contribution in [0.5, 0.6) is 5.75 Å². The Balaban J connectivity index is 1.73. The highest BCUT2D eigenvalue weighted by atomic mass is 19.4. The molecule has 6 nitrogen and oxygen atoms in total. The number of rotatable bonds is 5. The molecule has 3 rings (SSSR count). The molecule has 2 heterocycles. The topological polar surface area (TPSA) is 49.3 Å². The minimum absolute atomic E-state index is 0.0418. The largest absolute Gasteiger partial charge is 0.497 e. The molecule has 2 aliphatic rings. The summed E-state index contributed by atoms with van der Waals surface area (Å²) >= 11 is 0. The third-order valence-electron chi connectivity index (χ3n) is 5.38. The highest BCUT2D eigenvalue weighted by molar-refractivity contribution is 5.80. The van der Waals surface area contributed by atoms with Crippen LogP contribution < -0.4 is 10.1 Å². The van der Waals surface area contributed by atoms with Crippen LogP contribution in [0, 0.1) is 0 Å². The van der Waals surface area contributed by atoms with Crippen molar-refractivity contribution in [3.05, 3.63) is 29.3 Å². The van der Waals surface area contributed by atoms with Gasteiger partial charge in [0.2, 0.25) is 0 Å². The van der Waals surface area contributed by atoms with Gasteiger partial charge in [0.1, 0.15) is 5.75 Å². The number of halogens is 3. The highest BCUT2D eigenvalue weighted by Crippen LogP contribution is 2.34. The van der Waals surface area contributed by atoms with Gasteiger partial charge in [-0.15, -0.1) is 0 Å². The van der Waals surface area contributed by atoms with Gasteiger partial charge in [-0.05, 0) is 31.0 Å². The summed E-state index contributed by atoms with van der Waals surface area (Å²) in [7, 11) is 1.36. The Labute approximate surface area is 169 Å². The van der Waals surface area contributed by atoms with Crippen LogP contribution in [0.1, 0.15) is 24.5 Å². The molecule has 9 heteroatoms. The number of aliphatic imine (C=N–C) groups is 1. The van der Waals surface area contributed by atoms with Crippen molar-refractivity contribution in [1.29, 1.82) is 0 Å². The van der Waals surface area contributed by atoms with Crippen LogP contribution in [-0.4, -0.2) is 74.8 Å². The van der Waals surface area contributed by atoms with Crippen molar-refractivity contribution < 1.29 is 22.6 Å². The van der Waals surface area contributed by atoms with Gasteiger partial charge in [0.15, 0.2) is 5.96 Å². The van der Waals surface area contributed by atoms with Crippen molar-refractivity contribution >= 4 is 5.96 Å². The minimum Gasteiger partial charge on any atom is -0.497 e. The van der Waals surface area contributed by atoms with Crippen LogP contribution in [0.2, 0.25) is 0 Å². The Kier molecular flexibility index (Phi) is 7.23. The molecule has 29 heavy (non-hydrogen) atoms. The summed E-state index contributed by atoms with van der Waals surface area (Å²) in [4.78, 5) is 9.09. The van der Waals surface area contributed by atoms with E-state index in [0.717, 1.165) is 51.9 Å². The van der Waals surface area contributed by atoms with E-state index < -0.39 is 11.7 Å². The lowest BCUT2D eigenvalue weighted by molar-refractivity contribution is -0.138. The number of nitrogens with zero attached hydrogens (tertiary/aromatic N) is 3. The monoisotopic (exact) mass is 414 g/mol. The first-order chi connectivity index (χ1) is 13.9. The number of guanidine groups is 1. The number of nitrogens with one attached hydrogen (secondary N) is 1. The van der Waals surface area contributed by atoms with E-state index in [1.807, 2.05) is 6.92 Å². The fourth-order valence-corrected chi connectivity index (χ4v) is 3.85. The summed E-state index contributed by atoms with van der Waals surface area (Å²) in [6.45, 7) is 7.58. The maximum atomic E-state index is 13.4. The highest BCUT2D eigenvalue weighted by Gasteiger charge is 2.34. The summed E-state index contributed by atoms with van der Waals surface area (Å²) in [5.74, 6) is 0.844. The first kappa shape index (κ1) is 21.7. The second-order valence-electron chi connectivity index (χ2n) is 7.23. The minimum atomic E-state index is -4.45. The maximum absolute atomic E-state index is 13.4. The van der Waals surface area contributed by atoms with E-state index in [-0.39, 0.29) is 17.9 Å². The number of methoxy groups -OCH3 is 1. The van der Waals surface area contributed by atoms with Crippen molar-refractivity contribution in [2.45, 2.75) is 32.1 Å². The van der Waals surface area contributed by atoms with Gasteiger partial charge in [-0.25, -0.2) is 4.99 Å². The summed E-state index contributed by atoms with van der Waals surface area (Å²) in [5.41, 5.74) is -0.568. The number of ether oxygens (including phenoxy) is 2. The molecule has 162 valence electrons. The summed E-state index contributed by atoms with van der Waals surface area (Å²) in [6.07, 6.45) is -3.44. The number of morpholine rings is 1. The van der Waals surface area contributed by atoms with E-state index in [9.17, 15) is 13.2 Å². The van der Waals surface area contributed by atoms with E-state index >= 15 is 0 Å². The maximum Gasteiger partial charge on any atom is 0.416 e. The predicted molar refractivity (Wildman–Crippen MR) is 105 cm³/mol. The first-order valence-electron chi connectivity index (χ1n) is 10.0. The second kappa shape index (κ2) is 9.67. The summed E-state index contributed by atoms with van der Waals surface area (Å²) < 4.78 is 50.7. The number of likely N-dealkylation sites (tertiary alicyclic amines) is 1. The van der Waals surface area contributed by atoms with Gasteiger partial charge in [0, 0.05) is 38.8 Å². The van der Waals surface area contributed by atoms with Crippen molar-refractivity contribution in [1.82, 2.24) is 15.1 Å². The average Bonchev–Trinajstić information content (AvgIpc) is 3.21.